The molecule has 0 bridgehead atoms. The zero-order chi connectivity index (χ0) is 20.3. The van der Waals surface area contributed by atoms with Crippen LogP contribution in [0, 0.1) is 12.8 Å². The Kier molecular flexibility index (Phi) is 11.6. The van der Waals surface area contributed by atoms with E-state index in [1.807, 2.05) is 39.0 Å². The van der Waals surface area contributed by atoms with Crippen LogP contribution in [0.3, 0.4) is 0 Å². The average Bonchev–Trinajstić information content (AvgIpc) is 2.64. The summed E-state index contributed by atoms with van der Waals surface area (Å²) in [6.45, 7) is 4.42. The van der Waals surface area contributed by atoms with Crippen molar-refractivity contribution in [2.75, 3.05) is 47.3 Å². The van der Waals surface area contributed by atoms with E-state index in [0.717, 1.165) is 11.1 Å². The number of rotatable bonds is 14. The summed E-state index contributed by atoms with van der Waals surface area (Å²) in [5.74, 6) is 0.812. The largest absolute Gasteiger partial charge is 0.491 e. The van der Waals surface area contributed by atoms with Gasteiger partial charge in [0.15, 0.2) is 6.29 Å². The Balaban J connectivity index is 2.38. The van der Waals surface area contributed by atoms with Crippen molar-refractivity contribution >= 4 is 18.5 Å². The van der Waals surface area contributed by atoms with Crippen molar-refractivity contribution in [1.29, 1.82) is 0 Å². The van der Waals surface area contributed by atoms with Gasteiger partial charge in [-0.15, -0.1) is 0 Å². The van der Waals surface area contributed by atoms with Gasteiger partial charge in [0, 0.05) is 32.3 Å². The molecule has 0 fully saturated rings. The molecule has 0 heterocycles. The molecule has 7 nitrogen and oxygen atoms in total. The molecule has 1 N–H and O–H groups in total. The Morgan fingerprint density at radius 3 is 2.41 bits per heavy atom. The van der Waals surface area contributed by atoms with Crippen LogP contribution in [-0.4, -0.2) is 52.1 Å². The van der Waals surface area contributed by atoms with Crippen LogP contribution in [0.15, 0.2) is 18.2 Å². The molecule has 1 aromatic carbocycles. The molecule has 156 valence electrons. The van der Waals surface area contributed by atoms with Crippen LogP contribution in [-0.2, 0) is 35.1 Å². The summed E-state index contributed by atoms with van der Waals surface area (Å²) >= 11 is 5.00. The second-order valence-corrected chi connectivity index (χ2v) is 8.87. The highest BCUT2D eigenvalue weighted by Gasteiger charge is 2.17. The highest BCUT2D eigenvalue weighted by atomic mass is 32.5. The van der Waals surface area contributed by atoms with Crippen molar-refractivity contribution in [3.8, 4) is 5.75 Å². The molecule has 0 saturated heterocycles. The van der Waals surface area contributed by atoms with E-state index in [1.54, 1.807) is 14.2 Å². The number of hydrogen-bond acceptors (Lipinski definition) is 7. The van der Waals surface area contributed by atoms with E-state index in [-0.39, 0.29) is 25.7 Å². The van der Waals surface area contributed by atoms with Crippen LogP contribution < -0.4 is 4.74 Å². The lowest BCUT2D eigenvalue weighted by molar-refractivity contribution is -0.106. The molecule has 0 aliphatic heterocycles. The molecule has 0 spiro atoms. The van der Waals surface area contributed by atoms with Crippen molar-refractivity contribution in [2.24, 2.45) is 5.92 Å². The molecule has 0 aromatic heterocycles. The van der Waals surface area contributed by atoms with E-state index in [2.05, 4.69) is 0 Å². The van der Waals surface area contributed by atoms with E-state index in [4.69, 9.17) is 39.8 Å². The predicted octanol–water partition coefficient (Wildman–Crippen LogP) is 3.59. The minimum Gasteiger partial charge on any atom is -0.491 e. The van der Waals surface area contributed by atoms with Crippen LogP contribution >= 0.6 is 6.72 Å². The lowest BCUT2D eigenvalue weighted by Crippen LogP contribution is -2.13. The Labute approximate surface area is 167 Å². The van der Waals surface area contributed by atoms with Crippen molar-refractivity contribution in [3.63, 3.8) is 0 Å². The van der Waals surface area contributed by atoms with E-state index in [0.29, 0.717) is 19.0 Å². The summed E-state index contributed by atoms with van der Waals surface area (Å²) in [5, 5.41) is 0. The number of ether oxygens (including phenoxy) is 4. The van der Waals surface area contributed by atoms with Gasteiger partial charge in [0.2, 0.25) is 0 Å². The molecule has 0 amide bonds. The van der Waals surface area contributed by atoms with Crippen molar-refractivity contribution in [1.82, 2.24) is 0 Å². The fourth-order valence-electron chi connectivity index (χ4n) is 2.29. The van der Waals surface area contributed by atoms with E-state index in [9.17, 15) is 4.89 Å². The summed E-state index contributed by atoms with van der Waals surface area (Å²) in [7, 11) is 3.18. The van der Waals surface area contributed by atoms with Gasteiger partial charge in [-0.3, -0.25) is 0 Å². The third-order valence-electron chi connectivity index (χ3n) is 3.66. The maximum atomic E-state index is 10.0. The van der Waals surface area contributed by atoms with Crippen molar-refractivity contribution < 1.29 is 32.9 Å². The van der Waals surface area contributed by atoms with Gasteiger partial charge in [0.25, 0.3) is 0 Å². The topological polar surface area (TPSA) is 75.6 Å². The monoisotopic (exact) mass is 422 g/mol. The molecule has 2 atom stereocenters. The van der Waals surface area contributed by atoms with E-state index < -0.39 is 13.0 Å². The molecule has 1 rings (SSSR count). The predicted molar refractivity (Wildman–Crippen MR) is 107 cm³/mol. The molecule has 0 saturated carbocycles. The molecular formula is C18H31O7PS. The SMILES string of the molecule is CCOCC(C)COP(O)(=S)OCCOc1ccc(C(OC)OC)c(C)c1. The van der Waals surface area contributed by atoms with Crippen LogP contribution in [0.4, 0.5) is 0 Å². The maximum absolute atomic E-state index is 10.0. The first-order valence-electron chi connectivity index (χ1n) is 8.81. The molecule has 0 radical (unpaired) electrons. The van der Waals surface area contributed by atoms with Gasteiger partial charge in [-0.1, -0.05) is 13.0 Å². The van der Waals surface area contributed by atoms with Crippen LogP contribution in [0.2, 0.25) is 0 Å². The second-order valence-electron chi connectivity index (χ2n) is 6.03. The fourth-order valence-corrected chi connectivity index (χ4v) is 3.52. The first kappa shape index (κ1) is 24.5. The zero-order valence-corrected chi connectivity index (χ0v) is 18.4. The molecule has 0 aliphatic rings. The minimum atomic E-state index is -3.27. The van der Waals surface area contributed by atoms with Crippen molar-refractivity contribution in [3.05, 3.63) is 29.3 Å². The first-order chi connectivity index (χ1) is 12.8. The van der Waals surface area contributed by atoms with Gasteiger partial charge >= 0.3 is 6.72 Å². The van der Waals surface area contributed by atoms with Gasteiger partial charge in [-0.05, 0) is 43.4 Å². The number of methoxy groups -OCH3 is 2. The molecule has 9 heteroatoms. The smallest absolute Gasteiger partial charge is 0.324 e. The Morgan fingerprint density at radius 1 is 1.11 bits per heavy atom. The van der Waals surface area contributed by atoms with Gasteiger partial charge in [0.1, 0.15) is 12.4 Å². The number of aryl methyl sites for hydroxylation is 1. The van der Waals surface area contributed by atoms with Gasteiger partial charge in [-0.25, -0.2) is 0 Å². The summed E-state index contributed by atoms with van der Waals surface area (Å²) in [5.41, 5.74) is 1.92. The third kappa shape index (κ3) is 9.45. The summed E-state index contributed by atoms with van der Waals surface area (Å²) < 4.78 is 32.1. The van der Waals surface area contributed by atoms with Crippen LogP contribution in [0.1, 0.15) is 31.3 Å². The Morgan fingerprint density at radius 2 is 1.81 bits per heavy atom. The summed E-state index contributed by atoms with van der Waals surface area (Å²) in [6, 6.07) is 5.61. The van der Waals surface area contributed by atoms with Crippen LogP contribution in [0.5, 0.6) is 5.75 Å². The van der Waals surface area contributed by atoms with E-state index >= 15 is 0 Å². The summed E-state index contributed by atoms with van der Waals surface area (Å²) in [6.07, 6.45) is -0.412. The third-order valence-corrected chi connectivity index (χ3v) is 5.28. The van der Waals surface area contributed by atoms with Gasteiger partial charge in [0.05, 0.1) is 19.8 Å². The zero-order valence-electron chi connectivity index (χ0n) is 16.7. The molecular weight excluding hydrogens is 391 g/mol. The molecule has 2 unspecified atom stereocenters. The Bertz CT molecular complexity index is 595. The average molecular weight is 422 g/mol. The second kappa shape index (κ2) is 12.8. The number of benzene rings is 1. The van der Waals surface area contributed by atoms with Gasteiger partial charge < -0.3 is 32.9 Å². The maximum Gasteiger partial charge on any atom is 0.324 e. The first-order valence-corrected chi connectivity index (χ1v) is 11.4. The molecule has 27 heavy (non-hydrogen) atoms. The standard InChI is InChI=1S/C18H31O7PS/c1-6-22-12-14(2)13-25-26(19,27)24-10-9-23-16-7-8-17(15(3)11-16)18(20-4)21-5/h7-8,11,14,18H,6,9-10,12-13H2,1-5H3,(H,19,27). The normalized spacial score (nSPS) is 14.9. The molecule has 0 aliphatic carbocycles. The summed E-state index contributed by atoms with van der Waals surface area (Å²) in [4.78, 5) is 10.0. The fraction of sp³-hybridized carbons (Fsp3) is 0.667. The van der Waals surface area contributed by atoms with Crippen LogP contribution in [0.25, 0.3) is 0 Å². The van der Waals surface area contributed by atoms with Gasteiger partial charge in [-0.2, -0.15) is 0 Å². The Hall–Kier alpha value is -0.570. The minimum absolute atomic E-state index is 0.129. The van der Waals surface area contributed by atoms with Crippen molar-refractivity contribution in [2.45, 2.75) is 27.1 Å². The van der Waals surface area contributed by atoms with E-state index in [1.165, 1.54) is 0 Å². The quantitative estimate of drug-likeness (QED) is 0.277. The molecule has 1 aromatic rings. The highest BCUT2D eigenvalue weighted by molar-refractivity contribution is 8.07. The lowest BCUT2D eigenvalue weighted by Gasteiger charge is -2.19. The number of hydrogen-bond donors (Lipinski definition) is 1. The highest BCUT2D eigenvalue weighted by Crippen LogP contribution is 2.43. The lowest BCUT2D eigenvalue weighted by atomic mass is 10.1.